The van der Waals surface area contributed by atoms with E-state index >= 15 is 0 Å². The summed E-state index contributed by atoms with van der Waals surface area (Å²) in [6.45, 7) is 6.05. The van der Waals surface area contributed by atoms with Crippen LogP contribution in [0, 0.1) is 6.92 Å². The summed E-state index contributed by atoms with van der Waals surface area (Å²) in [4.78, 5) is 18.4. The minimum absolute atomic E-state index is 0.0808. The number of hydrogen-bond acceptors (Lipinski definition) is 4. The number of thiazole rings is 1. The first kappa shape index (κ1) is 13.5. The number of nitrogens with one attached hydrogen (secondary N) is 1. The van der Waals surface area contributed by atoms with Crippen molar-refractivity contribution in [2.75, 3.05) is 26.2 Å². The van der Waals surface area contributed by atoms with Gasteiger partial charge in [-0.05, 0) is 32.9 Å². The number of aromatic nitrogens is 1. The fourth-order valence-corrected chi connectivity index (χ4v) is 2.87. The van der Waals surface area contributed by atoms with Crippen molar-refractivity contribution in [2.24, 2.45) is 0 Å². The van der Waals surface area contributed by atoms with Gasteiger partial charge in [0, 0.05) is 18.5 Å². The molecular weight excluding hydrogens is 246 g/mol. The van der Waals surface area contributed by atoms with E-state index in [2.05, 4.69) is 15.2 Å². The normalized spacial score (nSPS) is 16.7. The van der Waals surface area contributed by atoms with Crippen molar-refractivity contribution in [2.45, 2.75) is 32.6 Å². The number of piperidine rings is 1. The van der Waals surface area contributed by atoms with Crippen molar-refractivity contribution in [3.05, 3.63) is 16.1 Å². The first-order valence-corrected chi connectivity index (χ1v) is 7.52. The maximum absolute atomic E-state index is 11.7. The first-order chi connectivity index (χ1) is 8.74. The van der Waals surface area contributed by atoms with Gasteiger partial charge in [-0.3, -0.25) is 4.79 Å². The summed E-state index contributed by atoms with van der Waals surface area (Å²) in [7, 11) is 0. The standard InChI is InChI=1S/C13H21N3OS/c1-11-15-12(10-18-11)9-13(17)14-5-8-16-6-3-2-4-7-16/h10H,2-9H2,1H3,(H,14,17). The molecule has 1 N–H and O–H groups in total. The second kappa shape index (κ2) is 6.85. The van der Waals surface area contributed by atoms with Gasteiger partial charge in [0.05, 0.1) is 17.1 Å². The summed E-state index contributed by atoms with van der Waals surface area (Å²) in [5, 5.41) is 5.95. The monoisotopic (exact) mass is 267 g/mol. The van der Waals surface area contributed by atoms with E-state index in [1.807, 2.05) is 12.3 Å². The minimum Gasteiger partial charge on any atom is -0.354 e. The summed E-state index contributed by atoms with van der Waals surface area (Å²) in [5.74, 6) is 0.0808. The highest BCUT2D eigenvalue weighted by atomic mass is 32.1. The van der Waals surface area contributed by atoms with Gasteiger partial charge in [0.1, 0.15) is 0 Å². The van der Waals surface area contributed by atoms with Crippen LogP contribution in [0.15, 0.2) is 5.38 Å². The average molecular weight is 267 g/mol. The summed E-state index contributed by atoms with van der Waals surface area (Å²) in [6, 6.07) is 0. The molecule has 1 aliphatic rings. The third-order valence-corrected chi connectivity index (χ3v) is 4.03. The Labute approximate surface area is 112 Å². The van der Waals surface area contributed by atoms with E-state index in [1.165, 1.54) is 32.4 Å². The molecule has 1 saturated heterocycles. The molecule has 1 aliphatic heterocycles. The van der Waals surface area contributed by atoms with Crippen molar-refractivity contribution in [1.82, 2.24) is 15.2 Å². The molecule has 4 nitrogen and oxygen atoms in total. The predicted molar refractivity (Wildman–Crippen MR) is 73.9 cm³/mol. The SMILES string of the molecule is Cc1nc(CC(=O)NCCN2CCCCC2)cs1. The van der Waals surface area contributed by atoms with E-state index in [0.717, 1.165) is 23.8 Å². The summed E-state index contributed by atoms with van der Waals surface area (Å²) < 4.78 is 0. The van der Waals surface area contributed by atoms with Gasteiger partial charge in [-0.2, -0.15) is 0 Å². The number of nitrogens with zero attached hydrogens (tertiary/aromatic N) is 2. The molecule has 1 aromatic heterocycles. The van der Waals surface area contributed by atoms with Crippen LogP contribution in [-0.4, -0.2) is 42.0 Å². The minimum atomic E-state index is 0.0808. The van der Waals surface area contributed by atoms with Gasteiger partial charge in [0.15, 0.2) is 0 Å². The molecule has 0 radical (unpaired) electrons. The van der Waals surface area contributed by atoms with Gasteiger partial charge in [0.25, 0.3) is 0 Å². The van der Waals surface area contributed by atoms with E-state index < -0.39 is 0 Å². The van der Waals surface area contributed by atoms with Crippen molar-refractivity contribution in [3.8, 4) is 0 Å². The number of hydrogen-bond donors (Lipinski definition) is 1. The molecule has 100 valence electrons. The highest BCUT2D eigenvalue weighted by Crippen LogP contribution is 2.08. The highest BCUT2D eigenvalue weighted by Gasteiger charge is 2.10. The Kier molecular flexibility index (Phi) is 5.13. The van der Waals surface area contributed by atoms with Crippen LogP contribution in [-0.2, 0) is 11.2 Å². The molecule has 0 bridgehead atoms. The molecule has 0 unspecified atom stereocenters. The number of likely N-dealkylation sites (tertiary alicyclic amines) is 1. The summed E-state index contributed by atoms with van der Waals surface area (Å²) in [6.07, 6.45) is 4.36. The lowest BCUT2D eigenvalue weighted by Gasteiger charge is -2.26. The van der Waals surface area contributed by atoms with E-state index in [-0.39, 0.29) is 5.91 Å². The predicted octanol–water partition coefficient (Wildman–Crippen LogP) is 1.60. The number of aryl methyl sites for hydroxylation is 1. The zero-order chi connectivity index (χ0) is 12.8. The van der Waals surface area contributed by atoms with Crippen LogP contribution in [0.25, 0.3) is 0 Å². The van der Waals surface area contributed by atoms with Crippen LogP contribution in [0.4, 0.5) is 0 Å². The lowest BCUT2D eigenvalue weighted by molar-refractivity contribution is -0.120. The zero-order valence-corrected chi connectivity index (χ0v) is 11.8. The molecule has 1 aromatic rings. The molecule has 0 aliphatic carbocycles. The van der Waals surface area contributed by atoms with Crippen LogP contribution in [0.3, 0.4) is 0 Å². The molecule has 1 amide bonds. The summed E-state index contributed by atoms with van der Waals surface area (Å²) >= 11 is 1.59. The number of rotatable bonds is 5. The van der Waals surface area contributed by atoms with Gasteiger partial charge in [-0.25, -0.2) is 4.98 Å². The van der Waals surface area contributed by atoms with Crippen LogP contribution in [0.1, 0.15) is 30.0 Å². The Morgan fingerprint density at radius 1 is 1.44 bits per heavy atom. The molecule has 1 fully saturated rings. The maximum atomic E-state index is 11.7. The van der Waals surface area contributed by atoms with Gasteiger partial charge >= 0.3 is 0 Å². The molecule has 0 aromatic carbocycles. The van der Waals surface area contributed by atoms with Crippen LogP contribution in [0.5, 0.6) is 0 Å². The Bertz CT molecular complexity index is 385. The number of amides is 1. The quantitative estimate of drug-likeness (QED) is 0.881. The second-order valence-corrected chi connectivity index (χ2v) is 5.85. The van der Waals surface area contributed by atoms with Crippen molar-refractivity contribution in [1.29, 1.82) is 0 Å². The molecular formula is C13H21N3OS. The highest BCUT2D eigenvalue weighted by molar-refractivity contribution is 7.09. The largest absolute Gasteiger partial charge is 0.354 e. The molecule has 0 spiro atoms. The fraction of sp³-hybridized carbons (Fsp3) is 0.692. The number of carbonyl (C=O) groups excluding carboxylic acids is 1. The average Bonchev–Trinajstić information content (AvgIpc) is 2.76. The molecule has 5 heteroatoms. The summed E-state index contributed by atoms with van der Waals surface area (Å²) in [5.41, 5.74) is 0.882. The van der Waals surface area contributed by atoms with Gasteiger partial charge < -0.3 is 10.2 Å². The Hall–Kier alpha value is -0.940. The zero-order valence-electron chi connectivity index (χ0n) is 10.9. The lowest BCUT2D eigenvalue weighted by Crippen LogP contribution is -2.38. The number of carbonyl (C=O) groups is 1. The Balaban J connectivity index is 1.62. The van der Waals surface area contributed by atoms with Gasteiger partial charge in [-0.1, -0.05) is 6.42 Å². The fourth-order valence-electron chi connectivity index (χ4n) is 2.25. The third kappa shape index (κ3) is 4.38. The molecule has 0 saturated carbocycles. The van der Waals surface area contributed by atoms with Crippen molar-refractivity contribution >= 4 is 17.2 Å². The van der Waals surface area contributed by atoms with E-state index in [9.17, 15) is 4.79 Å². The molecule has 2 heterocycles. The van der Waals surface area contributed by atoms with E-state index in [0.29, 0.717) is 6.42 Å². The van der Waals surface area contributed by atoms with Crippen molar-refractivity contribution < 1.29 is 4.79 Å². The van der Waals surface area contributed by atoms with E-state index in [4.69, 9.17) is 0 Å². The molecule has 18 heavy (non-hydrogen) atoms. The van der Waals surface area contributed by atoms with Crippen molar-refractivity contribution in [3.63, 3.8) is 0 Å². The smallest absolute Gasteiger partial charge is 0.226 e. The maximum Gasteiger partial charge on any atom is 0.226 e. The Morgan fingerprint density at radius 3 is 2.89 bits per heavy atom. The first-order valence-electron chi connectivity index (χ1n) is 6.64. The third-order valence-electron chi connectivity index (χ3n) is 3.21. The van der Waals surface area contributed by atoms with Crippen LogP contribution >= 0.6 is 11.3 Å². The molecule has 0 atom stereocenters. The van der Waals surface area contributed by atoms with Crippen LogP contribution < -0.4 is 5.32 Å². The van der Waals surface area contributed by atoms with Gasteiger partial charge in [0.2, 0.25) is 5.91 Å². The second-order valence-electron chi connectivity index (χ2n) is 4.79. The Morgan fingerprint density at radius 2 is 2.22 bits per heavy atom. The van der Waals surface area contributed by atoms with Crippen LogP contribution in [0.2, 0.25) is 0 Å². The topological polar surface area (TPSA) is 45.2 Å². The lowest BCUT2D eigenvalue weighted by atomic mass is 10.1. The molecule has 2 rings (SSSR count). The van der Waals surface area contributed by atoms with Gasteiger partial charge in [-0.15, -0.1) is 11.3 Å². The van der Waals surface area contributed by atoms with E-state index in [1.54, 1.807) is 11.3 Å².